The van der Waals surface area contributed by atoms with E-state index in [9.17, 15) is 17.4 Å². The van der Waals surface area contributed by atoms with Crippen molar-refractivity contribution in [1.82, 2.24) is 5.32 Å². The van der Waals surface area contributed by atoms with Crippen molar-refractivity contribution in [3.63, 3.8) is 0 Å². The van der Waals surface area contributed by atoms with Gasteiger partial charge in [0.25, 0.3) is 0 Å². The highest BCUT2D eigenvalue weighted by Gasteiger charge is 2.48. The summed E-state index contributed by atoms with van der Waals surface area (Å²) >= 11 is 0.233. The summed E-state index contributed by atoms with van der Waals surface area (Å²) in [6, 6.07) is 7.52. The number of rotatable bonds is 2. The van der Waals surface area contributed by atoms with Crippen molar-refractivity contribution in [3.8, 4) is 0 Å². The highest BCUT2D eigenvalue weighted by atomic mass is 32.2. The number of fused-ring (bicyclic) bond motifs is 1. The van der Waals surface area contributed by atoms with Crippen LogP contribution in [-0.2, 0) is 21.1 Å². The summed E-state index contributed by atoms with van der Waals surface area (Å²) in [6.07, 6.45) is 4.51. The number of carbonyl (C=O) groups excluding carboxylic acids is 1. The van der Waals surface area contributed by atoms with Gasteiger partial charge in [-0.25, -0.2) is 12.6 Å². The van der Waals surface area contributed by atoms with Gasteiger partial charge >= 0.3 is 0 Å². The maximum atomic E-state index is 12.5. The average Bonchev–Trinajstić information content (AvgIpc) is 2.79. The minimum atomic E-state index is -3.80. The Bertz CT molecular complexity index is 818. The molecule has 2 atom stereocenters. The van der Waals surface area contributed by atoms with Gasteiger partial charge in [-0.05, 0) is 12.2 Å². The fourth-order valence-electron chi connectivity index (χ4n) is 2.42. The number of sulfone groups is 1. The molecular weight excluding hydrogens is 310 g/mol. The Morgan fingerprint density at radius 2 is 1.90 bits per heavy atom. The predicted octanol–water partition coefficient (Wildman–Crippen LogP) is 0.421. The summed E-state index contributed by atoms with van der Waals surface area (Å²) in [7, 11) is -3.80. The van der Waals surface area contributed by atoms with Gasteiger partial charge in [0.15, 0.2) is 21.0 Å². The Morgan fingerprint density at radius 1 is 1.19 bits per heavy atom. The summed E-state index contributed by atoms with van der Waals surface area (Å²) in [5.41, 5.74) is 0.321. The lowest BCUT2D eigenvalue weighted by atomic mass is 10.1. The molecule has 108 valence electrons. The molecule has 0 bridgehead atoms. The number of ketones is 1. The van der Waals surface area contributed by atoms with Crippen molar-refractivity contribution in [2.24, 2.45) is 0 Å². The molecule has 1 aliphatic carbocycles. The van der Waals surface area contributed by atoms with Crippen LogP contribution >= 0.6 is 0 Å². The van der Waals surface area contributed by atoms with Gasteiger partial charge in [0, 0.05) is 5.56 Å². The molecule has 1 N–H and O–H groups in total. The van der Waals surface area contributed by atoms with Gasteiger partial charge < -0.3 is 0 Å². The van der Waals surface area contributed by atoms with E-state index in [1.54, 1.807) is 36.4 Å². The number of benzene rings is 1. The fourth-order valence-corrected chi connectivity index (χ4v) is 4.71. The van der Waals surface area contributed by atoms with Gasteiger partial charge in [-0.1, -0.05) is 36.4 Å². The van der Waals surface area contributed by atoms with Gasteiger partial charge in [0.1, 0.15) is 0 Å². The van der Waals surface area contributed by atoms with Crippen LogP contribution in [0.3, 0.4) is 0 Å². The van der Waals surface area contributed by atoms with E-state index in [0.717, 1.165) is 0 Å². The molecule has 2 unspecified atom stereocenters. The minimum absolute atomic E-state index is 0.0811. The van der Waals surface area contributed by atoms with Crippen LogP contribution in [0, 0.1) is 0 Å². The molecule has 5 nitrogen and oxygen atoms in total. The molecule has 0 aromatic heterocycles. The first-order valence-corrected chi connectivity index (χ1v) is 8.48. The highest BCUT2D eigenvalue weighted by Crippen LogP contribution is 2.29. The molecule has 0 amide bonds. The summed E-state index contributed by atoms with van der Waals surface area (Å²) in [6.45, 7) is 0. The summed E-state index contributed by atoms with van der Waals surface area (Å²) in [5, 5.41) is 1.42. The highest BCUT2D eigenvalue weighted by molar-refractivity contribution is 7.97. The van der Waals surface area contributed by atoms with E-state index in [0.29, 0.717) is 10.4 Å². The lowest BCUT2D eigenvalue weighted by Gasteiger charge is -2.12. The van der Waals surface area contributed by atoms with E-state index in [4.69, 9.17) is 0 Å². The molecule has 3 rings (SSSR count). The van der Waals surface area contributed by atoms with Crippen molar-refractivity contribution in [3.05, 3.63) is 59.0 Å². The quantitative estimate of drug-likeness (QED) is 0.631. The van der Waals surface area contributed by atoms with Gasteiger partial charge in [0.05, 0.1) is 27.1 Å². The smallest absolute Gasteiger partial charge is 0.200 e. The third-order valence-electron chi connectivity index (χ3n) is 3.44. The first kappa shape index (κ1) is 14.1. The second kappa shape index (κ2) is 5.18. The largest absolute Gasteiger partial charge is 0.291 e. The van der Waals surface area contributed by atoms with E-state index < -0.39 is 27.0 Å². The molecule has 0 radical (unpaired) electrons. The monoisotopic (exact) mass is 321 g/mol. The molecular formula is C14H11NO4S2. The van der Waals surface area contributed by atoms with Gasteiger partial charge in [-0.3, -0.25) is 10.1 Å². The van der Waals surface area contributed by atoms with Crippen LogP contribution in [0.2, 0.25) is 0 Å². The lowest BCUT2D eigenvalue weighted by Crippen LogP contribution is -2.41. The number of nitrogens with one attached hydrogen (secondary N) is 1. The molecule has 1 aliphatic heterocycles. The summed E-state index contributed by atoms with van der Waals surface area (Å²) in [4.78, 5) is 12.8. The van der Waals surface area contributed by atoms with Crippen LogP contribution in [0.25, 0.3) is 0 Å². The second-order valence-corrected chi connectivity index (χ2v) is 7.34. The molecule has 1 fully saturated rings. The third-order valence-corrected chi connectivity index (χ3v) is 6.00. The Balaban J connectivity index is 2.04. The molecule has 1 aromatic rings. The maximum absolute atomic E-state index is 12.5. The number of allylic oxidation sites excluding steroid dienone is 2. The zero-order valence-corrected chi connectivity index (χ0v) is 12.4. The van der Waals surface area contributed by atoms with Crippen LogP contribution in [0.1, 0.15) is 10.4 Å². The van der Waals surface area contributed by atoms with E-state index in [1.807, 2.05) is 0 Å². The predicted molar refractivity (Wildman–Crippen MR) is 80.8 cm³/mol. The first-order valence-electron chi connectivity index (χ1n) is 6.20. The fraction of sp³-hybridized carbons (Fsp3) is 0.143. The summed E-state index contributed by atoms with van der Waals surface area (Å²) < 4.78 is 36.1. The van der Waals surface area contributed by atoms with Crippen molar-refractivity contribution in [2.75, 3.05) is 0 Å². The maximum Gasteiger partial charge on any atom is 0.200 e. The molecule has 2 aliphatic rings. The van der Waals surface area contributed by atoms with Gasteiger partial charge in [-0.2, -0.15) is 0 Å². The van der Waals surface area contributed by atoms with Crippen LogP contribution in [-0.4, -0.2) is 34.7 Å². The van der Waals surface area contributed by atoms with Crippen LogP contribution in [0.4, 0.5) is 0 Å². The van der Waals surface area contributed by atoms with Crippen LogP contribution in [0.15, 0.2) is 53.5 Å². The SMILES string of the molecule is O=S=C1C=CC=C2C1NC(C(=O)c1ccccc1)S2(=O)=O. The van der Waals surface area contributed by atoms with Gasteiger partial charge in [-0.15, -0.1) is 0 Å². The molecule has 1 heterocycles. The number of hydrogen-bond acceptors (Lipinski definition) is 5. The number of carbonyl (C=O) groups is 1. The zero-order valence-electron chi connectivity index (χ0n) is 10.7. The minimum Gasteiger partial charge on any atom is -0.291 e. The van der Waals surface area contributed by atoms with Crippen molar-refractivity contribution < 1.29 is 17.4 Å². The Morgan fingerprint density at radius 3 is 2.57 bits per heavy atom. The Hall–Kier alpha value is -1.83. The third kappa shape index (κ3) is 2.23. The van der Waals surface area contributed by atoms with E-state index in [-0.39, 0.29) is 16.2 Å². The van der Waals surface area contributed by atoms with Crippen molar-refractivity contribution >= 4 is 31.7 Å². The standard InChI is InChI=1S/C14H11NO4S2/c16-13(9-5-2-1-3-6-9)14-15-12-10(20-17)7-4-8-11(12)21(14,18)19/h1-8,12,14-15H. The molecule has 7 heteroatoms. The van der Waals surface area contributed by atoms with E-state index >= 15 is 0 Å². The van der Waals surface area contributed by atoms with E-state index in [1.165, 1.54) is 12.2 Å². The Labute approximate surface area is 125 Å². The second-order valence-electron chi connectivity index (χ2n) is 4.67. The van der Waals surface area contributed by atoms with E-state index in [2.05, 4.69) is 5.32 Å². The topological polar surface area (TPSA) is 80.3 Å². The van der Waals surface area contributed by atoms with Crippen LogP contribution < -0.4 is 5.32 Å². The van der Waals surface area contributed by atoms with Gasteiger partial charge in [0.2, 0.25) is 0 Å². The summed E-state index contributed by atoms with van der Waals surface area (Å²) in [5.74, 6) is -0.513. The normalized spacial score (nSPS) is 26.1. The molecule has 1 saturated heterocycles. The molecule has 0 saturated carbocycles. The number of Topliss-reactive ketones (excluding diaryl/α,β-unsaturated/α-hetero) is 1. The number of hydrogen-bond donors (Lipinski definition) is 1. The van der Waals surface area contributed by atoms with Crippen molar-refractivity contribution in [1.29, 1.82) is 0 Å². The molecule has 0 spiro atoms. The van der Waals surface area contributed by atoms with Crippen molar-refractivity contribution in [2.45, 2.75) is 11.4 Å². The molecule has 21 heavy (non-hydrogen) atoms. The van der Waals surface area contributed by atoms with Crippen LogP contribution in [0.5, 0.6) is 0 Å². The Kier molecular flexibility index (Phi) is 3.48. The zero-order chi connectivity index (χ0) is 15.0. The molecule has 1 aromatic carbocycles. The average molecular weight is 321 g/mol. The lowest BCUT2D eigenvalue weighted by molar-refractivity contribution is 0.0978. The first-order chi connectivity index (χ1) is 10.1.